The molecule has 2 aromatic carbocycles. The number of benzene rings is 2. The Hall–Kier alpha value is -3.62. The van der Waals surface area contributed by atoms with E-state index in [1.54, 1.807) is 18.2 Å². The Kier molecular flexibility index (Phi) is 5.96. The molecule has 0 N–H and O–H groups in total. The van der Waals surface area contributed by atoms with E-state index in [1.807, 2.05) is 0 Å². The van der Waals surface area contributed by atoms with Crippen molar-refractivity contribution in [2.45, 2.75) is 6.61 Å². The lowest BCUT2D eigenvalue weighted by Crippen LogP contribution is -2.06. The largest absolute Gasteiger partial charge is 0.497 e. The number of hydrogen-bond acceptors (Lipinski definition) is 7. The van der Waals surface area contributed by atoms with Gasteiger partial charge in [0.2, 0.25) is 5.90 Å². The van der Waals surface area contributed by atoms with Crippen molar-refractivity contribution < 1.29 is 37.3 Å². The minimum Gasteiger partial charge on any atom is -0.497 e. The van der Waals surface area contributed by atoms with E-state index in [0.29, 0.717) is 22.6 Å². The summed E-state index contributed by atoms with van der Waals surface area (Å²) in [6.45, 7) is -2.98. The molecule has 1 heterocycles. The number of nitrogens with zero attached hydrogens (tertiary/aromatic N) is 1. The summed E-state index contributed by atoms with van der Waals surface area (Å²) in [5.41, 5.74) is 1.02. The van der Waals surface area contributed by atoms with Crippen LogP contribution in [0, 0.1) is 0 Å². The molecule has 0 amide bonds. The first kappa shape index (κ1) is 20.1. The number of carbonyl (C=O) groups excluding carboxylic acids is 1. The first-order valence-electron chi connectivity index (χ1n) is 8.32. The molecule has 29 heavy (non-hydrogen) atoms. The first-order chi connectivity index (χ1) is 13.9. The van der Waals surface area contributed by atoms with Crippen molar-refractivity contribution >= 4 is 17.9 Å². The molecule has 0 saturated carbocycles. The summed E-state index contributed by atoms with van der Waals surface area (Å²) >= 11 is 0. The van der Waals surface area contributed by atoms with Crippen LogP contribution in [0.25, 0.3) is 6.08 Å². The van der Waals surface area contributed by atoms with E-state index >= 15 is 0 Å². The lowest BCUT2D eigenvalue weighted by atomic mass is 10.1. The molecule has 0 spiro atoms. The van der Waals surface area contributed by atoms with E-state index in [1.165, 1.54) is 45.6 Å². The molecule has 152 valence electrons. The van der Waals surface area contributed by atoms with Crippen LogP contribution < -0.4 is 18.9 Å². The van der Waals surface area contributed by atoms with Crippen molar-refractivity contribution in [2.75, 3.05) is 21.3 Å². The number of ether oxygens (including phenoxy) is 5. The molecule has 0 aliphatic carbocycles. The second kappa shape index (κ2) is 8.59. The quantitative estimate of drug-likeness (QED) is 0.517. The summed E-state index contributed by atoms with van der Waals surface area (Å²) in [4.78, 5) is 16.4. The summed E-state index contributed by atoms with van der Waals surface area (Å²) in [5.74, 6) is 0.417. The number of cyclic esters (lactones) is 1. The van der Waals surface area contributed by atoms with Crippen LogP contribution in [-0.4, -0.2) is 39.8 Å². The fourth-order valence-corrected chi connectivity index (χ4v) is 2.59. The average Bonchev–Trinajstić information content (AvgIpc) is 3.08. The predicted octanol–water partition coefficient (Wildman–Crippen LogP) is 3.66. The van der Waals surface area contributed by atoms with Gasteiger partial charge in [-0.25, -0.2) is 9.79 Å². The monoisotopic (exact) mass is 405 g/mol. The summed E-state index contributed by atoms with van der Waals surface area (Å²) in [5, 5.41) is 0. The van der Waals surface area contributed by atoms with Gasteiger partial charge in [-0.2, -0.15) is 8.78 Å². The molecule has 0 bridgehead atoms. The minimum atomic E-state index is -2.98. The van der Waals surface area contributed by atoms with E-state index in [2.05, 4.69) is 9.73 Å². The molecule has 1 aliphatic heterocycles. The third kappa shape index (κ3) is 4.63. The lowest BCUT2D eigenvalue weighted by Gasteiger charge is -2.10. The normalized spacial score (nSPS) is 14.6. The molecule has 1 aliphatic rings. The van der Waals surface area contributed by atoms with Gasteiger partial charge in [0.15, 0.2) is 17.2 Å². The molecular formula is C20H17F2NO6. The highest BCUT2D eigenvalue weighted by molar-refractivity contribution is 6.13. The maximum Gasteiger partial charge on any atom is 0.387 e. The summed E-state index contributed by atoms with van der Waals surface area (Å²) in [6, 6.07) is 9.22. The summed E-state index contributed by atoms with van der Waals surface area (Å²) < 4.78 is 50.0. The van der Waals surface area contributed by atoms with E-state index in [4.69, 9.17) is 18.9 Å². The van der Waals surface area contributed by atoms with Crippen LogP contribution in [0.2, 0.25) is 0 Å². The Morgan fingerprint density at radius 3 is 2.24 bits per heavy atom. The molecule has 2 aromatic rings. The number of methoxy groups -OCH3 is 3. The molecule has 0 saturated heterocycles. The Morgan fingerprint density at radius 2 is 1.66 bits per heavy atom. The third-order valence-electron chi connectivity index (χ3n) is 3.93. The van der Waals surface area contributed by atoms with E-state index in [9.17, 15) is 13.6 Å². The number of rotatable bonds is 7. The van der Waals surface area contributed by atoms with Gasteiger partial charge in [-0.15, -0.1) is 0 Å². The standard InChI is InChI=1S/C20H17F2NO6/c1-25-13-8-12(9-14(10-13)26-2)18-23-15(19(24)29-18)6-11-4-5-16(28-20(21)22)17(7-11)27-3/h4-10,20H,1-3H3/b15-6+. The van der Waals surface area contributed by atoms with Gasteiger partial charge < -0.3 is 23.7 Å². The second-order valence-corrected chi connectivity index (χ2v) is 5.73. The average molecular weight is 405 g/mol. The highest BCUT2D eigenvalue weighted by atomic mass is 19.3. The van der Waals surface area contributed by atoms with Crippen molar-refractivity contribution in [2.24, 2.45) is 4.99 Å². The maximum absolute atomic E-state index is 12.4. The van der Waals surface area contributed by atoms with Crippen LogP contribution in [0.15, 0.2) is 47.1 Å². The van der Waals surface area contributed by atoms with Gasteiger partial charge in [0, 0.05) is 11.6 Å². The SMILES string of the molecule is COc1cc(OC)cc(C2=N/C(=C/c3ccc(OC(F)F)c(OC)c3)C(=O)O2)c1. The molecule has 0 unspecified atom stereocenters. The number of aliphatic imine (C=N–C) groups is 1. The molecule has 0 fully saturated rings. The Morgan fingerprint density at radius 1 is 0.966 bits per heavy atom. The van der Waals surface area contributed by atoms with Gasteiger partial charge in [-0.1, -0.05) is 6.07 Å². The third-order valence-corrected chi connectivity index (χ3v) is 3.93. The van der Waals surface area contributed by atoms with Crippen molar-refractivity contribution in [1.29, 1.82) is 0 Å². The number of hydrogen-bond donors (Lipinski definition) is 0. The van der Waals surface area contributed by atoms with Gasteiger partial charge in [0.05, 0.1) is 21.3 Å². The zero-order valence-electron chi connectivity index (χ0n) is 15.8. The summed E-state index contributed by atoms with van der Waals surface area (Å²) in [6.07, 6.45) is 1.45. The fraction of sp³-hybridized carbons (Fsp3) is 0.200. The summed E-state index contributed by atoms with van der Waals surface area (Å²) in [7, 11) is 4.32. The van der Waals surface area contributed by atoms with Gasteiger partial charge >= 0.3 is 12.6 Å². The molecule has 0 aromatic heterocycles. The Balaban J connectivity index is 1.93. The van der Waals surface area contributed by atoms with Crippen molar-refractivity contribution in [3.63, 3.8) is 0 Å². The van der Waals surface area contributed by atoms with Crippen molar-refractivity contribution in [1.82, 2.24) is 0 Å². The maximum atomic E-state index is 12.4. The molecule has 7 nitrogen and oxygen atoms in total. The first-order valence-corrected chi connectivity index (χ1v) is 8.32. The Bertz CT molecular complexity index is 965. The minimum absolute atomic E-state index is 0.0337. The zero-order chi connectivity index (χ0) is 21.0. The van der Waals surface area contributed by atoms with Crippen LogP contribution in [0.1, 0.15) is 11.1 Å². The highest BCUT2D eigenvalue weighted by Gasteiger charge is 2.25. The van der Waals surface area contributed by atoms with E-state index in [-0.39, 0.29) is 23.1 Å². The number of alkyl halides is 2. The van der Waals surface area contributed by atoms with Crippen molar-refractivity contribution in [3.8, 4) is 23.0 Å². The number of esters is 1. The van der Waals surface area contributed by atoms with Gasteiger partial charge in [-0.05, 0) is 35.9 Å². The predicted molar refractivity (Wildman–Crippen MR) is 99.8 cm³/mol. The van der Waals surface area contributed by atoms with E-state index in [0.717, 1.165) is 0 Å². The second-order valence-electron chi connectivity index (χ2n) is 5.73. The van der Waals surface area contributed by atoms with Crippen LogP contribution in [0.3, 0.4) is 0 Å². The molecule has 0 radical (unpaired) electrons. The highest BCUT2D eigenvalue weighted by Crippen LogP contribution is 2.31. The Labute approximate surface area is 165 Å². The lowest BCUT2D eigenvalue weighted by molar-refractivity contribution is -0.129. The van der Waals surface area contributed by atoms with E-state index < -0.39 is 12.6 Å². The molecule has 0 atom stereocenters. The fourth-order valence-electron chi connectivity index (χ4n) is 2.59. The molecule has 9 heteroatoms. The topological polar surface area (TPSA) is 75.6 Å². The number of halogens is 2. The van der Waals surface area contributed by atoms with Gasteiger partial charge in [-0.3, -0.25) is 0 Å². The van der Waals surface area contributed by atoms with Crippen LogP contribution in [0.5, 0.6) is 23.0 Å². The molecular weight excluding hydrogens is 388 g/mol. The van der Waals surface area contributed by atoms with Crippen LogP contribution in [0.4, 0.5) is 8.78 Å². The molecule has 3 rings (SSSR count). The van der Waals surface area contributed by atoms with Crippen molar-refractivity contribution in [3.05, 3.63) is 53.2 Å². The zero-order valence-corrected chi connectivity index (χ0v) is 15.8. The number of carbonyl (C=O) groups is 1. The van der Waals surface area contributed by atoms with Gasteiger partial charge in [0.1, 0.15) is 11.5 Å². The van der Waals surface area contributed by atoms with Crippen LogP contribution >= 0.6 is 0 Å². The smallest absolute Gasteiger partial charge is 0.387 e. The van der Waals surface area contributed by atoms with Crippen LogP contribution in [-0.2, 0) is 9.53 Å². The van der Waals surface area contributed by atoms with Gasteiger partial charge in [0.25, 0.3) is 0 Å².